The van der Waals surface area contributed by atoms with Crippen LogP contribution in [0.15, 0.2) is 11.6 Å². The van der Waals surface area contributed by atoms with Gasteiger partial charge in [0, 0.05) is 16.3 Å². The maximum absolute atomic E-state index is 11.5. The van der Waals surface area contributed by atoms with E-state index in [1.54, 1.807) is 29.3 Å². The van der Waals surface area contributed by atoms with E-state index in [1.807, 2.05) is 5.38 Å². The van der Waals surface area contributed by atoms with Gasteiger partial charge in [0.05, 0.1) is 17.2 Å². The molecule has 2 nitrogen and oxygen atoms in total. The van der Waals surface area contributed by atoms with Crippen molar-refractivity contribution in [3.8, 4) is 0 Å². The van der Waals surface area contributed by atoms with Crippen LogP contribution in [0.2, 0.25) is 0 Å². The van der Waals surface area contributed by atoms with Gasteiger partial charge in [0.2, 0.25) is 0 Å². The van der Waals surface area contributed by atoms with E-state index in [9.17, 15) is 4.79 Å². The van der Waals surface area contributed by atoms with E-state index >= 15 is 0 Å². The van der Waals surface area contributed by atoms with Gasteiger partial charge in [-0.05, 0) is 0 Å². The highest BCUT2D eigenvalue weighted by atomic mass is 32.2. The summed E-state index contributed by atoms with van der Waals surface area (Å²) in [6.45, 7) is 6.36. The van der Waals surface area contributed by atoms with Gasteiger partial charge in [0.1, 0.15) is 5.78 Å². The van der Waals surface area contributed by atoms with E-state index in [1.165, 1.54) is 0 Å². The van der Waals surface area contributed by atoms with Crippen molar-refractivity contribution in [1.82, 2.24) is 4.98 Å². The van der Waals surface area contributed by atoms with Gasteiger partial charge in [-0.25, -0.2) is 4.98 Å². The fourth-order valence-electron chi connectivity index (χ4n) is 0.857. The topological polar surface area (TPSA) is 30.0 Å². The van der Waals surface area contributed by atoms with Crippen LogP contribution in [0.3, 0.4) is 0 Å². The second-order valence-electron chi connectivity index (χ2n) is 4.04. The molecule has 0 aliphatic carbocycles. The molecule has 0 radical (unpaired) electrons. The fourth-order valence-corrected chi connectivity index (χ4v) is 2.20. The molecule has 0 aliphatic rings. The van der Waals surface area contributed by atoms with Crippen LogP contribution in [0, 0.1) is 0 Å². The highest BCUT2D eigenvalue weighted by Crippen LogP contribution is 2.23. The summed E-state index contributed by atoms with van der Waals surface area (Å²) in [6.07, 6.45) is 2.23. The van der Waals surface area contributed by atoms with Crippen molar-refractivity contribution in [1.29, 1.82) is 0 Å². The first kappa shape index (κ1) is 11.7. The third kappa shape index (κ3) is 4.77. The van der Waals surface area contributed by atoms with Crippen LogP contribution in [0.5, 0.6) is 0 Å². The van der Waals surface area contributed by atoms with Crippen molar-refractivity contribution in [2.45, 2.75) is 31.9 Å². The molecular weight excluding hydrogens is 214 g/mol. The molecule has 14 heavy (non-hydrogen) atoms. The Labute approximate surface area is 93.1 Å². The van der Waals surface area contributed by atoms with E-state index in [2.05, 4.69) is 25.8 Å². The zero-order chi connectivity index (χ0) is 10.6. The number of carbonyl (C=O) groups excluding carboxylic acids is 1. The molecule has 1 rings (SSSR count). The molecule has 0 saturated heterocycles. The zero-order valence-electron chi connectivity index (χ0n) is 8.74. The first-order valence-corrected chi connectivity index (χ1v) is 6.38. The van der Waals surface area contributed by atoms with E-state index < -0.39 is 0 Å². The Kier molecular flexibility index (Phi) is 4.13. The third-order valence-corrected chi connectivity index (χ3v) is 3.61. The van der Waals surface area contributed by atoms with E-state index in [4.69, 9.17) is 0 Å². The predicted octanol–water partition coefficient (Wildman–Crippen LogP) is 2.79. The zero-order valence-corrected chi connectivity index (χ0v) is 10.4. The predicted molar refractivity (Wildman–Crippen MR) is 63.0 cm³/mol. The van der Waals surface area contributed by atoms with Gasteiger partial charge in [-0.1, -0.05) is 20.8 Å². The van der Waals surface area contributed by atoms with Crippen LogP contribution in [-0.4, -0.2) is 21.3 Å². The molecule has 4 heteroatoms. The number of carbonyl (C=O) groups is 1. The second kappa shape index (κ2) is 4.94. The van der Waals surface area contributed by atoms with Gasteiger partial charge in [0.25, 0.3) is 0 Å². The molecule has 1 aromatic heterocycles. The Morgan fingerprint density at radius 3 is 2.79 bits per heavy atom. The first-order chi connectivity index (χ1) is 6.47. The number of nitrogens with zero attached hydrogens (tertiary/aromatic N) is 1. The van der Waals surface area contributed by atoms with Gasteiger partial charge >= 0.3 is 0 Å². The average molecular weight is 229 g/mol. The summed E-state index contributed by atoms with van der Waals surface area (Å²) in [5, 5.41) is 2.82. The maximum Gasteiger partial charge on any atom is 0.149 e. The van der Waals surface area contributed by atoms with Crippen molar-refractivity contribution in [3.05, 3.63) is 16.6 Å². The number of Topliss-reactive ketones (excluding diaryl/α,β-unsaturated/α-hetero) is 1. The van der Waals surface area contributed by atoms with Gasteiger partial charge < -0.3 is 0 Å². The number of rotatable bonds is 4. The minimum atomic E-state index is 0.165. The highest BCUT2D eigenvalue weighted by Gasteiger charge is 2.14. The van der Waals surface area contributed by atoms with Crippen molar-refractivity contribution in [2.75, 3.05) is 5.75 Å². The standard InChI is InChI=1S/C10H15NOS2/c1-10(2,3)14-7-8(12)6-9-11-4-5-13-9/h4-5H,6-7H2,1-3H3. The molecular formula is C10H15NOS2. The molecule has 1 aromatic rings. The molecule has 0 aromatic carbocycles. The number of thioether (sulfide) groups is 1. The Morgan fingerprint density at radius 2 is 2.29 bits per heavy atom. The quantitative estimate of drug-likeness (QED) is 0.795. The molecule has 0 amide bonds. The van der Waals surface area contributed by atoms with Gasteiger partial charge in [0.15, 0.2) is 0 Å². The van der Waals surface area contributed by atoms with Crippen molar-refractivity contribution >= 4 is 28.9 Å². The highest BCUT2D eigenvalue weighted by molar-refractivity contribution is 8.01. The number of hydrogen-bond donors (Lipinski definition) is 0. The Balaban J connectivity index is 2.30. The smallest absolute Gasteiger partial charge is 0.149 e. The molecule has 0 fully saturated rings. The summed E-state index contributed by atoms with van der Waals surface area (Å²) in [5.74, 6) is 0.850. The molecule has 0 aliphatic heterocycles. The number of thiazole rings is 1. The summed E-state index contributed by atoms with van der Waals surface area (Å²) in [5.41, 5.74) is 0. The minimum absolute atomic E-state index is 0.165. The summed E-state index contributed by atoms with van der Waals surface area (Å²) in [4.78, 5) is 15.6. The van der Waals surface area contributed by atoms with Gasteiger partial charge in [-0.2, -0.15) is 0 Å². The lowest BCUT2D eigenvalue weighted by molar-refractivity contribution is -0.116. The maximum atomic E-state index is 11.5. The summed E-state index contributed by atoms with van der Waals surface area (Å²) in [6, 6.07) is 0. The Hall–Kier alpha value is -0.350. The van der Waals surface area contributed by atoms with Crippen molar-refractivity contribution < 1.29 is 4.79 Å². The third-order valence-electron chi connectivity index (χ3n) is 1.50. The molecule has 0 atom stereocenters. The van der Waals surface area contributed by atoms with E-state index in [-0.39, 0.29) is 10.5 Å². The largest absolute Gasteiger partial charge is 0.298 e. The van der Waals surface area contributed by atoms with Crippen LogP contribution in [0.4, 0.5) is 0 Å². The molecule has 0 bridgehead atoms. The SMILES string of the molecule is CC(C)(C)SCC(=O)Cc1nccs1. The van der Waals surface area contributed by atoms with Crippen LogP contribution in [0.25, 0.3) is 0 Å². The minimum Gasteiger partial charge on any atom is -0.298 e. The summed E-state index contributed by atoms with van der Waals surface area (Å²) < 4.78 is 0.165. The van der Waals surface area contributed by atoms with Crippen molar-refractivity contribution in [2.24, 2.45) is 0 Å². The molecule has 1 heterocycles. The number of hydrogen-bond acceptors (Lipinski definition) is 4. The van der Waals surface area contributed by atoms with Crippen LogP contribution < -0.4 is 0 Å². The van der Waals surface area contributed by atoms with Crippen molar-refractivity contribution in [3.63, 3.8) is 0 Å². The van der Waals surface area contributed by atoms with Gasteiger partial charge in [-0.3, -0.25) is 4.79 Å². The first-order valence-electron chi connectivity index (χ1n) is 4.51. The van der Waals surface area contributed by atoms with E-state index in [0.717, 1.165) is 5.01 Å². The lowest BCUT2D eigenvalue weighted by Gasteiger charge is -2.16. The normalized spacial score (nSPS) is 11.6. The summed E-state index contributed by atoms with van der Waals surface area (Å²) in [7, 11) is 0. The Bertz CT molecular complexity index is 288. The van der Waals surface area contributed by atoms with E-state index in [0.29, 0.717) is 12.2 Å². The lowest BCUT2D eigenvalue weighted by Crippen LogP contribution is -2.14. The second-order valence-corrected chi connectivity index (χ2v) is 6.82. The molecule has 0 saturated carbocycles. The number of ketones is 1. The molecule has 78 valence electrons. The molecule has 0 N–H and O–H groups in total. The fraction of sp³-hybridized carbons (Fsp3) is 0.600. The average Bonchev–Trinajstić information content (AvgIpc) is 2.52. The van der Waals surface area contributed by atoms with Gasteiger partial charge in [-0.15, -0.1) is 23.1 Å². The number of aromatic nitrogens is 1. The van der Waals surface area contributed by atoms with Crippen LogP contribution in [0.1, 0.15) is 25.8 Å². The monoisotopic (exact) mass is 229 g/mol. The molecule has 0 spiro atoms. The Morgan fingerprint density at radius 1 is 1.57 bits per heavy atom. The van der Waals surface area contributed by atoms with Crippen LogP contribution in [-0.2, 0) is 11.2 Å². The van der Waals surface area contributed by atoms with Crippen LogP contribution >= 0.6 is 23.1 Å². The summed E-state index contributed by atoms with van der Waals surface area (Å²) >= 11 is 3.23. The molecule has 0 unspecified atom stereocenters. The lowest BCUT2D eigenvalue weighted by atomic mass is 10.3.